The Bertz CT molecular complexity index is 645. The fourth-order valence-electron chi connectivity index (χ4n) is 2.46. The minimum atomic E-state index is -0.800. The number of anilines is 2. The second-order valence-corrected chi connectivity index (χ2v) is 4.71. The van der Waals surface area contributed by atoms with E-state index in [2.05, 4.69) is 16.5 Å². The van der Waals surface area contributed by atoms with E-state index in [1.807, 2.05) is 18.2 Å². The van der Waals surface area contributed by atoms with Gasteiger partial charge in [0.2, 0.25) is 0 Å². The van der Waals surface area contributed by atoms with Crippen LogP contribution in [0.1, 0.15) is 11.1 Å². The summed E-state index contributed by atoms with van der Waals surface area (Å²) in [5, 5.41) is 0. The first-order chi connectivity index (χ1) is 9.69. The van der Waals surface area contributed by atoms with E-state index in [1.54, 1.807) is 4.90 Å². The molecule has 1 aliphatic rings. The summed E-state index contributed by atoms with van der Waals surface area (Å²) in [5.41, 5.74) is 4.53. The number of nitrogen functional groups attached to an aromatic ring is 1. The van der Waals surface area contributed by atoms with E-state index >= 15 is 0 Å². The van der Waals surface area contributed by atoms with Crippen LogP contribution in [0.25, 0.3) is 0 Å². The minimum absolute atomic E-state index is 0.119. The Morgan fingerprint density at radius 3 is 2.65 bits per heavy atom. The number of aromatic nitrogens is 1. The number of rotatable bonds is 2. The molecule has 3 rings (SSSR count). The number of hydrogen-bond donors (Lipinski definition) is 2. The Morgan fingerprint density at radius 1 is 1.15 bits per heavy atom. The zero-order valence-electron chi connectivity index (χ0n) is 10.7. The van der Waals surface area contributed by atoms with Crippen LogP contribution < -0.4 is 16.2 Å². The number of benzene rings is 1. The molecule has 0 saturated heterocycles. The van der Waals surface area contributed by atoms with Gasteiger partial charge in [-0.15, -0.1) is 0 Å². The molecule has 0 radical (unpaired) electrons. The number of nitrogens with two attached hydrogens (primary N) is 1. The van der Waals surface area contributed by atoms with Gasteiger partial charge in [0, 0.05) is 19.2 Å². The van der Waals surface area contributed by atoms with Crippen LogP contribution in [0, 0.1) is 11.6 Å². The number of nitrogens with zero attached hydrogens (tertiary/aromatic N) is 2. The highest BCUT2D eigenvalue weighted by Crippen LogP contribution is 2.27. The summed E-state index contributed by atoms with van der Waals surface area (Å²) >= 11 is 0. The molecule has 0 fully saturated rings. The van der Waals surface area contributed by atoms with Gasteiger partial charge in [-0.3, -0.25) is 0 Å². The van der Waals surface area contributed by atoms with Crippen molar-refractivity contribution in [2.75, 3.05) is 16.9 Å². The van der Waals surface area contributed by atoms with Gasteiger partial charge in [-0.25, -0.2) is 19.6 Å². The van der Waals surface area contributed by atoms with Crippen molar-refractivity contribution < 1.29 is 8.78 Å². The number of fused-ring (bicyclic) bond motifs is 1. The average Bonchev–Trinajstić information content (AvgIpc) is 2.47. The van der Waals surface area contributed by atoms with Crippen molar-refractivity contribution in [2.45, 2.75) is 13.0 Å². The summed E-state index contributed by atoms with van der Waals surface area (Å²) < 4.78 is 27.3. The standard InChI is InChI=1S/C14H14F2N4/c15-11-7-12(16)14(18-13(11)19-17)20-6-5-9-3-1-2-4-10(9)8-20/h1-4,7H,5-6,8,17H2,(H,18,19). The van der Waals surface area contributed by atoms with E-state index in [4.69, 9.17) is 5.84 Å². The summed E-state index contributed by atoms with van der Waals surface area (Å²) in [7, 11) is 0. The van der Waals surface area contributed by atoms with Crippen LogP contribution in [0.5, 0.6) is 0 Å². The molecule has 1 aliphatic heterocycles. The predicted molar refractivity (Wildman–Crippen MR) is 73.2 cm³/mol. The van der Waals surface area contributed by atoms with Crippen LogP contribution in [-0.2, 0) is 13.0 Å². The monoisotopic (exact) mass is 276 g/mol. The van der Waals surface area contributed by atoms with E-state index in [1.165, 1.54) is 5.56 Å². The normalized spacial score (nSPS) is 14.1. The predicted octanol–water partition coefficient (Wildman–Crippen LogP) is 2.21. The van der Waals surface area contributed by atoms with E-state index in [-0.39, 0.29) is 11.6 Å². The quantitative estimate of drug-likeness (QED) is 0.652. The molecule has 4 nitrogen and oxygen atoms in total. The molecular formula is C14H14F2N4. The van der Waals surface area contributed by atoms with Gasteiger partial charge in [0.25, 0.3) is 0 Å². The lowest BCUT2D eigenvalue weighted by molar-refractivity contribution is 0.565. The topological polar surface area (TPSA) is 54.2 Å². The van der Waals surface area contributed by atoms with Crippen molar-refractivity contribution >= 4 is 11.6 Å². The molecule has 0 atom stereocenters. The van der Waals surface area contributed by atoms with Crippen LogP contribution in [-0.4, -0.2) is 11.5 Å². The Balaban J connectivity index is 1.95. The maximum absolute atomic E-state index is 13.9. The summed E-state index contributed by atoms with van der Waals surface area (Å²) in [6.07, 6.45) is 0.806. The number of hydrogen-bond acceptors (Lipinski definition) is 4. The molecule has 0 unspecified atom stereocenters. The Kier molecular flexibility index (Phi) is 3.23. The average molecular weight is 276 g/mol. The Morgan fingerprint density at radius 2 is 1.90 bits per heavy atom. The number of pyridine rings is 1. The zero-order valence-corrected chi connectivity index (χ0v) is 10.7. The van der Waals surface area contributed by atoms with Crippen molar-refractivity contribution in [1.29, 1.82) is 0 Å². The molecule has 104 valence electrons. The molecule has 1 aromatic heterocycles. The third-order valence-corrected chi connectivity index (χ3v) is 3.48. The van der Waals surface area contributed by atoms with Crippen LogP contribution in [0.4, 0.5) is 20.4 Å². The third kappa shape index (κ3) is 2.18. The third-order valence-electron chi connectivity index (χ3n) is 3.48. The molecule has 0 spiro atoms. The maximum atomic E-state index is 13.9. The fourth-order valence-corrected chi connectivity index (χ4v) is 2.46. The van der Waals surface area contributed by atoms with Gasteiger partial charge in [-0.05, 0) is 17.5 Å². The number of nitrogens with one attached hydrogen (secondary N) is 1. The van der Waals surface area contributed by atoms with Gasteiger partial charge < -0.3 is 10.3 Å². The van der Waals surface area contributed by atoms with Gasteiger partial charge in [0.15, 0.2) is 23.3 Å². The minimum Gasteiger partial charge on any atom is -0.349 e. The maximum Gasteiger partial charge on any atom is 0.178 e. The molecule has 3 N–H and O–H groups in total. The lowest BCUT2D eigenvalue weighted by Gasteiger charge is -2.30. The fraction of sp³-hybridized carbons (Fsp3) is 0.214. The van der Waals surface area contributed by atoms with Gasteiger partial charge in [-0.1, -0.05) is 24.3 Å². The Hall–Kier alpha value is -2.21. The zero-order chi connectivity index (χ0) is 14.1. The van der Waals surface area contributed by atoms with Crippen LogP contribution in [0.3, 0.4) is 0 Å². The van der Waals surface area contributed by atoms with Gasteiger partial charge >= 0.3 is 0 Å². The molecule has 0 aliphatic carbocycles. The summed E-state index contributed by atoms with van der Waals surface area (Å²) in [5.74, 6) is 3.67. The Labute approximate surface area is 115 Å². The largest absolute Gasteiger partial charge is 0.349 e. The summed E-state index contributed by atoms with van der Waals surface area (Å²) in [6.45, 7) is 1.19. The molecule has 1 aromatic carbocycles. The lowest BCUT2D eigenvalue weighted by atomic mass is 10.00. The molecule has 0 saturated carbocycles. The number of hydrazine groups is 1. The van der Waals surface area contributed by atoms with E-state index in [0.717, 1.165) is 18.1 Å². The first-order valence-electron chi connectivity index (χ1n) is 6.33. The van der Waals surface area contributed by atoms with Crippen LogP contribution >= 0.6 is 0 Å². The van der Waals surface area contributed by atoms with Crippen molar-refractivity contribution in [1.82, 2.24) is 4.98 Å². The van der Waals surface area contributed by atoms with Crippen molar-refractivity contribution in [3.63, 3.8) is 0 Å². The second kappa shape index (κ2) is 5.05. The highest BCUT2D eigenvalue weighted by Gasteiger charge is 2.21. The molecule has 20 heavy (non-hydrogen) atoms. The van der Waals surface area contributed by atoms with Crippen LogP contribution in [0.15, 0.2) is 30.3 Å². The second-order valence-electron chi connectivity index (χ2n) is 4.71. The van der Waals surface area contributed by atoms with Gasteiger partial charge in [0.05, 0.1) is 0 Å². The molecule has 2 heterocycles. The molecular weight excluding hydrogens is 262 g/mol. The first kappa shape index (κ1) is 12.8. The highest BCUT2D eigenvalue weighted by molar-refractivity contribution is 5.51. The molecule has 0 bridgehead atoms. The van der Waals surface area contributed by atoms with Crippen molar-refractivity contribution in [2.24, 2.45) is 5.84 Å². The van der Waals surface area contributed by atoms with Gasteiger partial charge in [-0.2, -0.15) is 0 Å². The van der Waals surface area contributed by atoms with E-state index < -0.39 is 11.6 Å². The van der Waals surface area contributed by atoms with Crippen molar-refractivity contribution in [3.8, 4) is 0 Å². The van der Waals surface area contributed by atoms with E-state index in [9.17, 15) is 8.78 Å². The van der Waals surface area contributed by atoms with Gasteiger partial charge in [0.1, 0.15) is 0 Å². The van der Waals surface area contributed by atoms with E-state index in [0.29, 0.717) is 13.1 Å². The lowest BCUT2D eigenvalue weighted by Crippen LogP contribution is -2.32. The molecule has 0 amide bonds. The highest BCUT2D eigenvalue weighted by atomic mass is 19.1. The smallest absolute Gasteiger partial charge is 0.178 e. The summed E-state index contributed by atoms with van der Waals surface area (Å²) in [6, 6.07) is 8.81. The van der Waals surface area contributed by atoms with Crippen LogP contribution in [0.2, 0.25) is 0 Å². The number of halogens is 2. The van der Waals surface area contributed by atoms with Crippen molar-refractivity contribution in [3.05, 3.63) is 53.1 Å². The molecule has 6 heteroatoms. The summed E-state index contributed by atoms with van der Waals surface area (Å²) in [4.78, 5) is 5.72. The SMILES string of the molecule is NNc1nc(N2CCc3ccccc3C2)c(F)cc1F. The molecule has 2 aromatic rings. The first-order valence-corrected chi connectivity index (χ1v) is 6.33.